The summed E-state index contributed by atoms with van der Waals surface area (Å²) in [4.78, 5) is 46.6. The van der Waals surface area contributed by atoms with Crippen LogP contribution in [0.5, 0.6) is 0 Å². The van der Waals surface area contributed by atoms with Crippen molar-refractivity contribution in [2.24, 2.45) is 34.0 Å². The van der Waals surface area contributed by atoms with Crippen molar-refractivity contribution in [2.75, 3.05) is 5.73 Å². The number of ether oxygens (including phenoxy) is 1. The lowest BCUT2D eigenvalue weighted by Crippen LogP contribution is -2.49. The third-order valence-electron chi connectivity index (χ3n) is 10.0. The minimum Gasteiger partial charge on any atom is -0.445 e. The van der Waals surface area contributed by atoms with Crippen molar-refractivity contribution in [3.63, 3.8) is 0 Å². The molecule has 1 heterocycles. The van der Waals surface area contributed by atoms with Gasteiger partial charge in [-0.3, -0.25) is 14.9 Å². The molecule has 0 aliphatic heterocycles. The Balaban J connectivity index is 1.71. The van der Waals surface area contributed by atoms with Crippen molar-refractivity contribution in [2.45, 2.75) is 78.1 Å². The minimum absolute atomic E-state index is 0.0629. The molecule has 0 spiro atoms. The number of Topliss-reactive ketones (excluding diaryl/α,β-unsaturated/α-hetero) is 1. The van der Waals surface area contributed by atoms with E-state index in [0.29, 0.717) is 19.3 Å². The van der Waals surface area contributed by atoms with E-state index in [9.17, 15) is 24.6 Å². The van der Waals surface area contributed by atoms with Crippen LogP contribution in [0.15, 0.2) is 25.0 Å². The average Bonchev–Trinajstić information content (AvgIpc) is 3.03. The van der Waals surface area contributed by atoms with Crippen molar-refractivity contribution < 1.29 is 29.3 Å². The smallest absolute Gasteiger partial charge is 0.414 e. The Bertz CT molecular complexity index is 1090. The summed E-state index contributed by atoms with van der Waals surface area (Å²) in [6.45, 7) is 11.9. The zero-order valence-corrected chi connectivity index (χ0v) is 21.9. The van der Waals surface area contributed by atoms with Gasteiger partial charge in [-0.15, -0.1) is 6.58 Å². The molecular formula is C27H38N4O6. The molecule has 5 N–H and O–H groups in total. The molecule has 3 saturated carbocycles. The fraction of sp³-hybridized carbons (Fsp3) is 0.667. The number of nitrogen functional groups attached to an aromatic ring is 1. The molecule has 10 nitrogen and oxygen atoms in total. The Morgan fingerprint density at radius 2 is 1.89 bits per heavy atom. The van der Waals surface area contributed by atoms with Crippen molar-refractivity contribution >= 4 is 23.6 Å². The van der Waals surface area contributed by atoms with Crippen LogP contribution in [0.25, 0.3) is 0 Å². The van der Waals surface area contributed by atoms with Gasteiger partial charge in [0.25, 0.3) is 5.91 Å². The Morgan fingerprint density at radius 1 is 1.19 bits per heavy atom. The number of hydrogen-bond donors (Lipinski definition) is 4. The summed E-state index contributed by atoms with van der Waals surface area (Å²) < 4.78 is 5.97. The third-order valence-corrected chi connectivity index (χ3v) is 10.0. The van der Waals surface area contributed by atoms with Crippen LogP contribution < -0.4 is 11.1 Å². The maximum atomic E-state index is 13.3. The number of aliphatic hydroxyl groups is 2. The third kappa shape index (κ3) is 4.44. The quantitative estimate of drug-likeness (QED) is 0.444. The summed E-state index contributed by atoms with van der Waals surface area (Å²) >= 11 is 0. The summed E-state index contributed by atoms with van der Waals surface area (Å²) in [7, 11) is 0. The van der Waals surface area contributed by atoms with Crippen molar-refractivity contribution in [3.05, 3.63) is 30.7 Å². The molecule has 3 fully saturated rings. The molecule has 0 radical (unpaired) electrons. The molecule has 0 aromatic carbocycles. The first-order valence-corrected chi connectivity index (χ1v) is 12.9. The number of alkyl carbamates (subject to hydrolysis) is 1. The number of fused-ring (bicyclic) bond motifs is 1. The summed E-state index contributed by atoms with van der Waals surface area (Å²) in [5.74, 6) is -1.56. The first kappa shape index (κ1) is 27.2. The van der Waals surface area contributed by atoms with Gasteiger partial charge in [0.15, 0.2) is 5.78 Å². The lowest BCUT2D eigenvalue weighted by Gasteiger charge is -2.47. The molecule has 202 valence electrons. The Labute approximate surface area is 217 Å². The van der Waals surface area contributed by atoms with E-state index in [1.54, 1.807) is 6.08 Å². The maximum absolute atomic E-state index is 13.3. The predicted molar refractivity (Wildman–Crippen MR) is 135 cm³/mol. The number of ketones is 1. The highest BCUT2D eigenvalue weighted by Crippen LogP contribution is 2.63. The van der Waals surface area contributed by atoms with E-state index in [-0.39, 0.29) is 35.6 Å². The summed E-state index contributed by atoms with van der Waals surface area (Å²) in [5, 5.41) is 24.5. The second-order valence-corrected chi connectivity index (χ2v) is 11.9. The summed E-state index contributed by atoms with van der Waals surface area (Å²) in [6, 6.07) is 0. The number of nitrogens with zero attached hydrogens (tertiary/aromatic N) is 2. The van der Waals surface area contributed by atoms with Gasteiger partial charge in [-0.25, -0.2) is 14.8 Å². The standard InChI is InChI=1S/C27H38N4O6/c1-6-25(4)11-19(37-24(36)31-23(35)17-12-30-20(28)13-29-17)26(5)9-16-21(33)18(32)10-27(16,8-7-14(26)2)15(3)22(25)34/h6,12-16,18-19,22,32,34H,1,7-11H2,2-5H3,(H2,28,30)(H,31,35,36)/t14?,15-,16?,18-,19+,22-,25+,26-,27-/m0/s1. The highest BCUT2D eigenvalue weighted by molar-refractivity contribution is 6.01. The number of carbonyl (C=O) groups is 3. The molecule has 2 bridgehead atoms. The van der Waals surface area contributed by atoms with E-state index in [1.807, 2.05) is 20.8 Å². The number of amides is 2. The molecule has 0 saturated heterocycles. The monoisotopic (exact) mass is 514 g/mol. The molecule has 1 aromatic heterocycles. The van der Waals surface area contributed by atoms with Crippen LogP contribution in [0, 0.1) is 34.0 Å². The van der Waals surface area contributed by atoms with Crippen molar-refractivity contribution in [1.82, 2.24) is 15.3 Å². The zero-order chi connectivity index (χ0) is 27.3. The SMILES string of the molecule is C=C[C@]1(C)C[C@@H](OC(=O)NC(=O)c2cnc(N)cn2)[C@@]2(C)CC3C(=O)[C@@H](O)C[C@@]3(CCC2C)[C@@H](C)[C@@H]1O. The number of nitrogens with one attached hydrogen (secondary N) is 1. The normalized spacial score (nSPS) is 41.5. The predicted octanol–water partition coefficient (Wildman–Crippen LogP) is 2.65. The molecule has 3 aliphatic rings. The van der Waals surface area contributed by atoms with Gasteiger partial charge in [-0.05, 0) is 49.4 Å². The first-order valence-electron chi connectivity index (χ1n) is 12.9. The highest BCUT2D eigenvalue weighted by Gasteiger charge is 2.64. The Morgan fingerprint density at radius 3 is 2.51 bits per heavy atom. The Hall–Kier alpha value is -2.85. The fourth-order valence-corrected chi connectivity index (χ4v) is 7.12. The van der Waals surface area contributed by atoms with Crippen LogP contribution >= 0.6 is 0 Å². The molecule has 9 atom stereocenters. The lowest BCUT2D eigenvalue weighted by molar-refractivity contribution is -0.130. The van der Waals surface area contributed by atoms with Crippen LogP contribution in [0.4, 0.5) is 10.6 Å². The molecule has 3 aliphatic carbocycles. The highest BCUT2D eigenvalue weighted by atomic mass is 16.6. The molecule has 37 heavy (non-hydrogen) atoms. The van der Waals surface area contributed by atoms with Gasteiger partial charge < -0.3 is 20.7 Å². The Kier molecular flexibility index (Phi) is 6.96. The van der Waals surface area contributed by atoms with E-state index in [2.05, 4.69) is 28.8 Å². The number of rotatable bonds is 3. The van der Waals surface area contributed by atoms with E-state index in [0.717, 1.165) is 12.6 Å². The number of carbonyl (C=O) groups excluding carboxylic acids is 3. The molecule has 10 heteroatoms. The number of hydrogen-bond acceptors (Lipinski definition) is 9. The van der Waals surface area contributed by atoms with E-state index < -0.39 is 52.5 Å². The number of anilines is 1. The number of aromatic nitrogens is 2. The molecule has 1 aromatic rings. The van der Waals surface area contributed by atoms with Crippen LogP contribution in [0.2, 0.25) is 0 Å². The van der Waals surface area contributed by atoms with E-state index in [1.165, 1.54) is 6.20 Å². The van der Waals surface area contributed by atoms with Gasteiger partial charge >= 0.3 is 6.09 Å². The summed E-state index contributed by atoms with van der Waals surface area (Å²) in [5.41, 5.74) is 3.34. The molecule has 4 rings (SSSR count). The first-order chi connectivity index (χ1) is 17.3. The van der Waals surface area contributed by atoms with Crippen LogP contribution in [-0.2, 0) is 9.53 Å². The van der Waals surface area contributed by atoms with Crippen LogP contribution in [-0.4, -0.2) is 56.3 Å². The summed E-state index contributed by atoms with van der Waals surface area (Å²) in [6.07, 6.45) is 2.79. The van der Waals surface area contributed by atoms with Crippen molar-refractivity contribution in [3.8, 4) is 0 Å². The molecular weight excluding hydrogens is 476 g/mol. The fourth-order valence-electron chi connectivity index (χ4n) is 7.12. The number of imide groups is 1. The van der Waals surface area contributed by atoms with Gasteiger partial charge in [0.1, 0.15) is 23.7 Å². The minimum atomic E-state index is -1.08. The van der Waals surface area contributed by atoms with Crippen molar-refractivity contribution in [1.29, 1.82) is 0 Å². The van der Waals surface area contributed by atoms with Crippen LogP contribution in [0.3, 0.4) is 0 Å². The largest absolute Gasteiger partial charge is 0.445 e. The molecule has 2 amide bonds. The number of aliphatic hydroxyl groups excluding tert-OH is 2. The van der Waals surface area contributed by atoms with Crippen LogP contribution in [0.1, 0.15) is 70.3 Å². The second kappa shape index (κ2) is 9.47. The van der Waals surface area contributed by atoms with Gasteiger partial charge in [-0.1, -0.05) is 33.8 Å². The maximum Gasteiger partial charge on any atom is 0.414 e. The lowest BCUT2D eigenvalue weighted by atomic mass is 9.60. The van der Waals surface area contributed by atoms with Gasteiger partial charge in [0.05, 0.1) is 18.5 Å². The van der Waals surface area contributed by atoms with Gasteiger partial charge in [-0.2, -0.15) is 0 Å². The average molecular weight is 515 g/mol. The zero-order valence-electron chi connectivity index (χ0n) is 21.9. The van der Waals surface area contributed by atoms with E-state index >= 15 is 0 Å². The van der Waals surface area contributed by atoms with Gasteiger partial charge in [0, 0.05) is 16.7 Å². The second-order valence-electron chi connectivity index (χ2n) is 11.9. The van der Waals surface area contributed by atoms with E-state index in [4.69, 9.17) is 10.5 Å². The number of nitrogens with two attached hydrogens (primary N) is 1. The molecule has 2 unspecified atom stereocenters. The topological polar surface area (TPSA) is 165 Å². The van der Waals surface area contributed by atoms with Gasteiger partial charge in [0.2, 0.25) is 0 Å².